The summed E-state index contributed by atoms with van der Waals surface area (Å²) in [6.45, 7) is 0.177. The van der Waals surface area contributed by atoms with Crippen LogP contribution >= 0.6 is 22.6 Å². The molecule has 0 aromatic rings. The molecule has 0 aliphatic heterocycles. The van der Waals surface area contributed by atoms with Crippen LogP contribution in [0.15, 0.2) is 0 Å². The van der Waals surface area contributed by atoms with Crippen molar-refractivity contribution in [3.8, 4) is 0 Å². The molecule has 3 unspecified atom stereocenters. The van der Waals surface area contributed by atoms with Crippen molar-refractivity contribution in [2.75, 3.05) is 6.61 Å². The van der Waals surface area contributed by atoms with Gasteiger partial charge in [0.05, 0.1) is 11.8 Å². The molecule has 0 spiro atoms. The highest BCUT2D eigenvalue weighted by Crippen LogP contribution is 2.53. The average Bonchev–Trinajstić information content (AvgIpc) is 2.46. The third kappa shape index (κ3) is 8.43. The Hall–Kier alpha value is -0.710. The monoisotopic (exact) mass is 588 g/mol. The third-order valence-corrected chi connectivity index (χ3v) is 4.80. The molecule has 0 saturated heterocycles. The zero-order valence-electron chi connectivity index (χ0n) is 14.7. The summed E-state index contributed by atoms with van der Waals surface area (Å²) in [4.78, 5) is 10.6. The van der Waals surface area contributed by atoms with Gasteiger partial charge < -0.3 is 4.74 Å². The highest BCUT2D eigenvalue weighted by molar-refractivity contribution is 14.1. The van der Waals surface area contributed by atoms with Gasteiger partial charge >= 0.3 is 30.7 Å². The Morgan fingerprint density at radius 1 is 0.767 bits per heavy atom. The molecule has 0 bridgehead atoms. The lowest BCUT2D eigenvalue weighted by molar-refractivity contribution is -0.353. The largest absolute Gasteiger partial charge is 0.465 e. The highest BCUT2D eigenvalue weighted by Gasteiger charge is 2.74. The van der Waals surface area contributed by atoms with Gasteiger partial charge in [0.2, 0.25) is 0 Å². The molecule has 180 valence electrons. The second-order valence-electron chi connectivity index (χ2n) is 6.35. The molecule has 2 nitrogen and oxygen atoms in total. The fourth-order valence-electron chi connectivity index (χ4n) is 2.36. The van der Waals surface area contributed by atoms with Crippen molar-refractivity contribution in [1.29, 1.82) is 0 Å². The Labute approximate surface area is 174 Å². The number of halogens is 14. The number of ether oxygens (including phenoxy) is 1. The Bertz CT molecular complexity index is 550. The molecule has 0 amide bonds. The molecule has 0 aromatic heterocycles. The Morgan fingerprint density at radius 3 is 1.47 bits per heavy atom. The first kappa shape index (κ1) is 29.3. The van der Waals surface area contributed by atoms with Crippen molar-refractivity contribution in [1.82, 2.24) is 0 Å². The normalized spacial score (nSPS) is 17.4. The maximum atomic E-state index is 13.7. The van der Waals surface area contributed by atoms with Crippen LogP contribution < -0.4 is 0 Å². The van der Waals surface area contributed by atoms with Gasteiger partial charge in [0.25, 0.3) is 5.67 Å². The summed E-state index contributed by atoms with van der Waals surface area (Å²) in [6, 6.07) is 0. The number of carbonyl (C=O) groups excluding carboxylic acids is 1. The zero-order valence-corrected chi connectivity index (χ0v) is 16.8. The molecule has 16 heteroatoms. The van der Waals surface area contributed by atoms with E-state index in [2.05, 4.69) is 4.74 Å². The molecule has 0 heterocycles. The predicted molar refractivity (Wildman–Crippen MR) is 83.3 cm³/mol. The van der Waals surface area contributed by atoms with Gasteiger partial charge in [-0.25, -0.2) is 4.39 Å². The van der Waals surface area contributed by atoms with Gasteiger partial charge in [-0.1, -0.05) is 22.6 Å². The number of alkyl halides is 14. The van der Waals surface area contributed by atoms with Crippen LogP contribution in [0.1, 0.15) is 26.2 Å². The molecule has 0 aliphatic rings. The third-order valence-electron chi connectivity index (χ3n) is 3.93. The van der Waals surface area contributed by atoms with E-state index in [1.807, 2.05) is 0 Å². The Morgan fingerprint density at radius 2 is 1.17 bits per heavy atom. The van der Waals surface area contributed by atoms with Gasteiger partial charge in [0.1, 0.15) is 6.61 Å². The maximum Gasteiger partial charge on any atom is 0.431 e. The molecule has 3 atom stereocenters. The van der Waals surface area contributed by atoms with Crippen LogP contribution in [0.4, 0.5) is 57.1 Å². The van der Waals surface area contributed by atoms with Crippen molar-refractivity contribution in [2.24, 2.45) is 11.8 Å². The first-order valence-electron chi connectivity index (χ1n) is 7.75. The lowest BCUT2D eigenvalue weighted by Crippen LogP contribution is -2.55. The summed E-state index contributed by atoms with van der Waals surface area (Å²) in [7, 11) is 0. The molecule has 30 heavy (non-hydrogen) atoms. The van der Waals surface area contributed by atoms with Gasteiger partial charge in [-0.05, 0) is 12.8 Å². The molecule has 0 radical (unpaired) electrons. The van der Waals surface area contributed by atoms with Gasteiger partial charge in [0.15, 0.2) is 0 Å². The smallest absolute Gasteiger partial charge is 0.431 e. The highest BCUT2D eigenvalue weighted by atomic mass is 127. The lowest BCUT2D eigenvalue weighted by atomic mass is 9.82. The van der Waals surface area contributed by atoms with Crippen LogP contribution in [0.2, 0.25) is 0 Å². The van der Waals surface area contributed by atoms with E-state index in [0.717, 1.165) is 6.92 Å². The number of hydrogen-bond acceptors (Lipinski definition) is 2. The SMILES string of the molecule is CC(=O)OCC(I)CC(CC(CC(F)(C(F)(F)F)C(F)(F)F)C(F)(F)F)C(F)(F)F. The Balaban J connectivity index is 5.87. The zero-order chi connectivity index (χ0) is 24.3. The minimum absolute atomic E-state index is 0.697. The van der Waals surface area contributed by atoms with E-state index in [1.54, 1.807) is 0 Å². The van der Waals surface area contributed by atoms with E-state index in [9.17, 15) is 61.9 Å². The van der Waals surface area contributed by atoms with Crippen molar-refractivity contribution in [2.45, 2.75) is 60.5 Å². The predicted octanol–water partition coefficient (Wildman–Crippen LogP) is 6.71. The van der Waals surface area contributed by atoms with Gasteiger partial charge in [0, 0.05) is 17.3 Å². The summed E-state index contributed by atoms with van der Waals surface area (Å²) >= 11 is 1.26. The van der Waals surface area contributed by atoms with Crippen LogP contribution in [-0.2, 0) is 9.53 Å². The topological polar surface area (TPSA) is 26.3 Å². The van der Waals surface area contributed by atoms with Gasteiger partial charge in [-0.15, -0.1) is 0 Å². The van der Waals surface area contributed by atoms with Crippen LogP contribution in [0, 0.1) is 11.8 Å². The minimum Gasteiger partial charge on any atom is -0.465 e. The van der Waals surface area contributed by atoms with Gasteiger partial charge in [-0.3, -0.25) is 4.79 Å². The van der Waals surface area contributed by atoms with Crippen molar-refractivity contribution >= 4 is 28.6 Å². The summed E-state index contributed by atoms with van der Waals surface area (Å²) < 4.78 is 171. The first-order valence-corrected chi connectivity index (χ1v) is 9.00. The second kappa shape index (κ2) is 9.83. The van der Waals surface area contributed by atoms with E-state index >= 15 is 0 Å². The average molecular weight is 588 g/mol. The van der Waals surface area contributed by atoms with E-state index in [0.29, 0.717) is 0 Å². The number of esters is 1. The summed E-state index contributed by atoms with van der Waals surface area (Å²) in [6.07, 6.45) is -31.9. The summed E-state index contributed by atoms with van der Waals surface area (Å²) in [5.41, 5.74) is -6.36. The van der Waals surface area contributed by atoms with Crippen molar-refractivity contribution in [3.05, 3.63) is 0 Å². The number of hydrogen-bond donors (Lipinski definition) is 0. The van der Waals surface area contributed by atoms with Crippen LogP contribution in [-0.4, -0.2) is 46.9 Å². The van der Waals surface area contributed by atoms with Crippen molar-refractivity contribution < 1.29 is 66.6 Å². The van der Waals surface area contributed by atoms with Crippen LogP contribution in [0.3, 0.4) is 0 Å². The maximum absolute atomic E-state index is 13.7. The Kier molecular flexibility index (Phi) is 9.60. The fourth-order valence-corrected chi connectivity index (χ4v) is 3.15. The number of carbonyl (C=O) groups is 1. The molecular formula is C14H14F13IO2. The van der Waals surface area contributed by atoms with E-state index in [4.69, 9.17) is 0 Å². The standard InChI is InChI=1S/C14H14F13IO2/c1-6(29)30-5-9(28)3-7(11(16,17)18)2-8(12(19,20)21)4-10(15,13(22,23)24)14(25,26)27/h7-9H,2-5H2,1H3. The van der Waals surface area contributed by atoms with Crippen LogP contribution in [0.25, 0.3) is 0 Å². The molecular weight excluding hydrogens is 574 g/mol. The molecule has 0 saturated carbocycles. The van der Waals surface area contributed by atoms with Crippen molar-refractivity contribution in [3.63, 3.8) is 0 Å². The van der Waals surface area contributed by atoms with E-state index < -0.39 is 78.0 Å². The van der Waals surface area contributed by atoms with E-state index in [1.165, 1.54) is 22.6 Å². The van der Waals surface area contributed by atoms with Gasteiger partial charge in [-0.2, -0.15) is 52.7 Å². The minimum atomic E-state index is -6.84. The van der Waals surface area contributed by atoms with E-state index in [-0.39, 0.29) is 0 Å². The fraction of sp³-hybridized carbons (Fsp3) is 0.929. The quantitative estimate of drug-likeness (QED) is 0.136. The summed E-state index contributed by atoms with van der Waals surface area (Å²) in [5, 5.41) is 0. The number of rotatable bonds is 8. The molecule has 0 fully saturated rings. The molecule has 0 aromatic carbocycles. The first-order chi connectivity index (χ1) is 13.0. The molecule has 0 aliphatic carbocycles. The van der Waals surface area contributed by atoms with Crippen LogP contribution in [0.5, 0.6) is 0 Å². The lowest BCUT2D eigenvalue weighted by Gasteiger charge is -2.35. The molecule has 0 rings (SSSR count). The molecule has 0 N–H and O–H groups in total. The summed E-state index contributed by atoms with van der Waals surface area (Å²) in [5.74, 6) is -7.88. The second-order valence-corrected chi connectivity index (χ2v) is 8.11.